The number of nitrogens with zero attached hydrogens (tertiary/aromatic N) is 3. The maximum atomic E-state index is 4.03. The summed E-state index contributed by atoms with van der Waals surface area (Å²) in [6.45, 7) is 5.37. The van der Waals surface area contributed by atoms with Crippen LogP contribution in [0.2, 0.25) is 0 Å². The molecule has 14 heavy (non-hydrogen) atoms. The van der Waals surface area contributed by atoms with E-state index in [9.17, 15) is 0 Å². The fraction of sp³-hybridized carbons (Fsp3) is 0.600. The molecule has 0 aliphatic carbocycles. The summed E-state index contributed by atoms with van der Waals surface area (Å²) in [6.07, 6.45) is 6.53. The second kappa shape index (κ2) is 4.37. The zero-order valence-electron chi connectivity index (χ0n) is 8.48. The molecule has 1 unspecified atom stereocenters. The van der Waals surface area contributed by atoms with Gasteiger partial charge in [-0.15, -0.1) is 0 Å². The Bertz CT molecular complexity index is 275. The van der Waals surface area contributed by atoms with Crippen molar-refractivity contribution in [3.8, 4) is 0 Å². The van der Waals surface area contributed by atoms with Crippen LogP contribution in [0.25, 0.3) is 0 Å². The predicted octanol–water partition coefficient (Wildman–Crippen LogP) is 0.665. The van der Waals surface area contributed by atoms with Gasteiger partial charge in [-0.25, -0.2) is 9.97 Å². The van der Waals surface area contributed by atoms with Crippen molar-refractivity contribution in [3.63, 3.8) is 0 Å². The first kappa shape index (κ1) is 9.40. The van der Waals surface area contributed by atoms with Gasteiger partial charge in [-0.2, -0.15) is 0 Å². The highest BCUT2D eigenvalue weighted by atomic mass is 15.2. The van der Waals surface area contributed by atoms with E-state index >= 15 is 0 Å². The lowest BCUT2D eigenvalue weighted by Gasteiger charge is -2.17. The largest absolute Gasteiger partial charge is 0.367 e. The summed E-state index contributed by atoms with van der Waals surface area (Å²) in [4.78, 5) is 10.4. The number of likely N-dealkylation sites (N-methyl/N-ethyl adjacent to an activating group) is 1. The molecule has 0 radical (unpaired) electrons. The van der Waals surface area contributed by atoms with E-state index in [0.717, 1.165) is 25.3 Å². The molecule has 1 aliphatic rings. The zero-order valence-corrected chi connectivity index (χ0v) is 8.48. The Hall–Kier alpha value is -1.16. The third-order valence-corrected chi connectivity index (χ3v) is 2.59. The molecule has 2 heterocycles. The number of nitrogens with one attached hydrogen (secondary N) is 1. The third-order valence-electron chi connectivity index (χ3n) is 2.59. The van der Waals surface area contributed by atoms with Gasteiger partial charge in [0.25, 0.3) is 0 Å². The second-order valence-corrected chi connectivity index (χ2v) is 3.59. The average molecular weight is 192 g/mol. The molecule has 1 aromatic rings. The first-order chi connectivity index (χ1) is 6.90. The van der Waals surface area contributed by atoms with Crippen molar-refractivity contribution in [2.24, 2.45) is 0 Å². The molecular formula is C10H16N4. The van der Waals surface area contributed by atoms with Crippen molar-refractivity contribution >= 4 is 5.69 Å². The fourth-order valence-corrected chi connectivity index (χ4v) is 1.90. The monoisotopic (exact) mass is 192 g/mol. The summed E-state index contributed by atoms with van der Waals surface area (Å²) >= 11 is 0. The van der Waals surface area contributed by atoms with Crippen molar-refractivity contribution in [1.82, 2.24) is 15.3 Å². The predicted molar refractivity (Wildman–Crippen MR) is 56.3 cm³/mol. The van der Waals surface area contributed by atoms with Crippen LogP contribution in [0, 0.1) is 0 Å². The summed E-state index contributed by atoms with van der Waals surface area (Å²) in [6, 6.07) is 0.625. The van der Waals surface area contributed by atoms with Gasteiger partial charge >= 0.3 is 0 Å². The number of hydrogen-bond acceptors (Lipinski definition) is 4. The van der Waals surface area contributed by atoms with Gasteiger partial charge in [-0.3, -0.25) is 0 Å². The molecule has 0 amide bonds. The van der Waals surface area contributed by atoms with E-state index in [1.807, 2.05) is 12.4 Å². The maximum absolute atomic E-state index is 4.03. The van der Waals surface area contributed by atoms with E-state index in [0.29, 0.717) is 6.04 Å². The van der Waals surface area contributed by atoms with Gasteiger partial charge in [-0.05, 0) is 13.0 Å². The van der Waals surface area contributed by atoms with Gasteiger partial charge in [0, 0.05) is 19.1 Å². The Morgan fingerprint density at radius 3 is 3.00 bits per heavy atom. The van der Waals surface area contributed by atoms with Crippen LogP contribution in [0.3, 0.4) is 0 Å². The number of anilines is 1. The van der Waals surface area contributed by atoms with Crippen LogP contribution in [0.15, 0.2) is 18.7 Å². The molecule has 4 nitrogen and oxygen atoms in total. The molecule has 0 bridgehead atoms. The van der Waals surface area contributed by atoms with Crippen LogP contribution in [0.1, 0.15) is 13.3 Å². The summed E-state index contributed by atoms with van der Waals surface area (Å²) in [5, 5.41) is 3.46. The maximum Gasteiger partial charge on any atom is 0.115 e. The van der Waals surface area contributed by atoms with Crippen molar-refractivity contribution in [1.29, 1.82) is 0 Å². The molecule has 0 aromatic carbocycles. The lowest BCUT2D eigenvalue weighted by atomic mass is 10.3. The molecule has 0 saturated carbocycles. The lowest BCUT2D eigenvalue weighted by Crippen LogP contribution is -2.32. The topological polar surface area (TPSA) is 41.0 Å². The van der Waals surface area contributed by atoms with Crippen molar-refractivity contribution in [2.75, 3.05) is 24.5 Å². The smallest absolute Gasteiger partial charge is 0.115 e. The summed E-state index contributed by atoms with van der Waals surface area (Å²) in [5.74, 6) is 0. The highest BCUT2D eigenvalue weighted by Crippen LogP contribution is 2.17. The Kier molecular flexibility index (Phi) is 2.93. The standard InChI is InChI=1S/C10H16N4/c1-2-13-9-3-4-14(7-9)10-5-11-8-12-6-10/h5-6,8-9,13H,2-4,7H2,1H3. The van der Waals surface area contributed by atoms with E-state index in [4.69, 9.17) is 0 Å². The van der Waals surface area contributed by atoms with E-state index in [1.165, 1.54) is 6.42 Å². The minimum Gasteiger partial charge on any atom is -0.367 e. The Morgan fingerprint density at radius 1 is 1.50 bits per heavy atom. The minimum atomic E-state index is 0.625. The molecule has 1 fully saturated rings. The van der Waals surface area contributed by atoms with Gasteiger partial charge in [0.05, 0.1) is 18.1 Å². The van der Waals surface area contributed by atoms with Crippen LogP contribution < -0.4 is 10.2 Å². The molecule has 2 rings (SSSR count). The average Bonchev–Trinajstić information content (AvgIpc) is 2.68. The first-order valence-corrected chi connectivity index (χ1v) is 5.13. The molecule has 1 aromatic heterocycles. The third kappa shape index (κ3) is 2.01. The van der Waals surface area contributed by atoms with Crippen LogP contribution in [0.4, 0.5) is 5.69 Å². The molecule has 1 N–H and O–H groups in total. The molecule has 1 aliphatic heterocycles. The molecule has 1 saturated heterocycles. The fourth-order valence-electron chi connectivity index (χ4n) is 1.90. The molecular weight excluding hydrogens is 176 g/mol. The Balaban J connectivity index is 1.96. The van der Waals surface area contributed by atoms with E-state index < -0.39 is 0 Å². The molecule has 0 spiro atoms. The minimum absolute atomic E-state index is 0.625. The van der Waals surface area contributed by atoms with Crippen molar-refractivity contribution in [2.45, 2.75) is 19.4 Å². The first-order valence-electron chi connectivity index (χ1n) is 5.13. The summed E-state index contributed by atoms with van der Waals surface area (Å²) < 4.78 is 0. The van der Waals surface area contributed by atoms with E-state index in [-0.39, 0.29) is 0 Å². The van der Waals surface area contributed by atoms with Gasteiger partial charge < -0.3 is 10.2 Å². The highest BCUT2D eigenvalue weighted by molar-refractivity contribution is 5.42. The van der Waals surface area contributed by atoms with Gasteiger partial charge in [0.2, 0.25) is 0 Å². The number of aromatic nitrogens is 2. The molecule has 76 valence electrons. The Morgan fingerprint density at radius 2 is 2.29 bits per heavy atom. The highest BCUT2D eigenvalue weighted by Gasteiger charge is 2.21. The van der Waals surface area contributed by atoms with Crippen LogP contribution in [0.5, 0.6) is 0 Å². The van der Waals surface area contributed by atoms with Gasteiger partial charge in [0.1, 0.15) is 6.33 Å². The van der Waals surface area contributed by atoms with Crippen LogP contribution in [-0.2, 0) is 0 Å². The van der Waals surface area contributed by atoms with Gasteiger partial charge in [-0.1, -0.05) is 6.92 Å². The molecule has 4 heteroatoms. The van der Waals surface area contributed by atoms with Crippen LogP contribution >= 0.6 is 0 Å². The number of rotatable bonds is 3. The van der Waals surface area contributed by atoms with E-state index in [2.05, 4.69) is 27.1 Å². The zero-order chi connectivity index (χ0) is 9.80. The van der Waals surface area contributed by atoms with E-state index in [1.54, 1.807) is 6.33 Å². The summed E-state index contributed by atoms with van der Waals surface area (Å²) in [7, 11) is 0. The van der Waals surface area contributed by atoms with Crippen LogP contribution in [-0.4, -0.2) is 35.6 Å². The second-order valence-electron chi connectivity index (χ2n) is 3.59. The van der Waals surface area contributed by atoms with Gasteiger partial charge in [0.15, 0.2) is 0 Å². The SMILES string of the molecule is CCNC1CCN(c2cncnc2)C1. The normalized spacial score (nSPS) is 21.5. The lowest BCUT2D eigenvalue weighted by molar-refractivity contribution is 0.572. The molecule has 1 atom stereocenters. The summed E-state index contributed by atoms with van der Waals surface area (Å²) in [5.41, 5.74) is 1.13. The number of hydrogen-bond donors (Lipinski definition) is 1. The quantitative estimate of drug-likeness (QED) is 0.764. The van der Waals surface area contributed by atoms with Crippen molar-refractivity contribution < 1.29 is 0 Å². The Labute approximate surface area is 84.4 Å². The van der Waals surface area contributed by atoms with Crippen molar-refractivity contribution in [3.05, 3.63) is 18.7 Å².